The van der Waals surface area contributed by atoms with E-state index in [9.17, 15) is 4.39 Å². The molecule has 1 unspecified atom stereocenters. The Labute approximate surface area is 105 Å². The van der Waals surface area contributed by atoms with Crippen LogP contribution < -0.4 is 5.32 Å². The number of hydrogen-bond acceptors (Lipinski definition) is 4. The Balaban J connectivity index is 2.21. The summed E-state index contributed by atoms with van der Waals surface area (Å²) in [6.07, 6.45) is 0.874. The van der Waals surface area contributed by atoms with Crippen molar-refractivity contribution in [3.63, 3.8) is 0 Å². The molecule has 0 aliphatic carbocycles. The maximum atomic E-state index is 12.8. The summed E-state index contributed by atoms with van der Waals surface area (Å²) in [4.78, 5) is 0. The molecular weight excluding hydrogens is 233 g/mol. The molecule has 1 N–H and O–H groups in total. The normalized spacial score (nSPS) is 12.6. The highest BCUT2D eigenvalue weighted by molar-refractivity contribution is 5.51. The number of nitrogens with one attached hydrogen (secondary N) is 1. The third-order valence-electron chi connectivity index (χ3n) is 2.69. The van der Waals surface area contributed by atoms with Gasteiger partial charge in [-0.3, -0.25) is 0 Å². The molecule has 5 heteroatoms. The SMILES string of the molecule is CCNC(CC)c1nnc(-c2ccc(F)cc2)o1. The van der Waals surface area contributed by atoms with Crippen LogP contribution in [0.2, 0.25) is 0 Å². The molecule has 0 spiro atoms. The van der Waals surface area contributed by atoms with Gasteiger partial charge in [-0.05, 0) is 37.2 Å². The van der Waals surface area contributed by atoms with Gasteiger partial charge >= 0.3 is 0 Å². The molecule has 0 aliphatic heterocycles. The van der Waals surface area contributed by atoms with E-state index in [1.807, 2.05) is 6.92 Å². The molecule has 0 saturated heterocycles. The smallest absolute Gasteiger partial charge is 0.247 e. The molecule has 0 fully saturated rings. The predicted molar refractivity (Wildman–Crippen MR) is 66.4 cm³/mol. The molecule has 1 atom stereocenters. The van der Waals surface area contributed by atoms with Gasteiger partial charge in [0.25, 0.3) is 0 Å². The third-order valence-corrected chi connectivity index (χ3v) is 2.69. The Morgan fingerprint density at radius 2 is 1.94 bits per heavy atom. The molecule has 2 aromatic rings. The Morgan fingerprint density at radius 3 is 2.56 bits per heavy atom. The van der Waals surface area contributed by atoms with E-state index in [1.165, 1.54) is 12.1 Å². The second-order valence-electron chi connectivity index (χ2n) is 3.97. The summed E-state index contributed by atoms with van der Waals surface area (Å²) >= 11 is 0. The Kier molecular flexibility index (Phi) is 4.04. The molecule has 0 radical (unpaired) electrons. The predicted octanol–water partition coefficient (Wildman–Crippen LogP) is 2.94. The Bertz CT molecular complexity index is 495. The first-order chi connectivity index (χ1) is 8.74. The van der Waals surface area contributed by atoms with Crippen LogP contribution in [0.15, 0.2) is 28.7 Å². The van der Waals surface area contributed by atoms with Gasteiger partial charge in [0.15, 0.2) is 0 Å². The van der Waals surface area contributed by atoms with E-state index in [2.05, 4.69) is 22.4 Å². The molecule has 0 saturated carbocycles. The standard InChI is InChI=1S/C13H16FN3O/c1-3-11(15-4-2)13-17-16-12(18-13)9-5-7-10(14)8-6-9/h5-8,11,15H,3-4H2,1-2H3. The highest BCUT2D eigenvalue weighted by Gasteiger charge is 2.16. The van der Waals surface area contributed by atoms with Crippen molar-refractivity contribution in [1.29, 1.82) is 0 Å². The van der Waals surface area contributed by atoms with Crippen molar-refractivity contribution in [2.24, 2.45) is 0 Å². The maximum Gasteiger partial charge on any atom is 0.247 e. The lowest BCUT2D eigenvalue weighted by molar-refractivity contribution is 0.402. The van der Waals surface area contributed by atoms with Gasteiger partial charge in [-0.15, -0.1) is 10.2 Å². The number of rotatable bonds is 5. The molecule has 96 valence electrons. The fraction of sp³-hybridized carbons (Fsp3) is 0.385. The van der Waals surface area contributed by atoms with E-state index in [4.69, 9.17) is 4.42 Å². The zero-order valence-corrected chi connectivity index (χ0v) is 10.5. The van der Waals surface area contributed by atoms with Gasteiger partial charge in [0.05, 0.1) is 6.04 Å². The van der Waals surface area contributed by atoms with Crippen LogP contribution >= 0.6 is 0 Å². The minimum Gasteiger partial charge on any atom is -0.419 e. The van der Waals surface area contributed by atoms with Crippen molar-refractivity contribution in [3.8, 4) is 11.5 Å². The third kappa shape index (κ3) is 2.73. The molecule has 18 heavy (non-hydrogen) atoms. The van der Waals surface area contributed by atoms with Crippen LogP contribution in [0.4, 0.5) is 4.39 Å². The zero-order chi connectivity index (χ0) is 13.0. The van der Waals surface area contributed by atoms with E-state index in [0.29, 0.717) is 11.8 Å². The summed E-state index contributed by atoms with van der Waals surface area (Å²) < 4.78 is 18.4. The highest BCUT2D eigenvalue weighted by atomic mass is 19.1. The van der Waals surface area contributed by atoms with E-state index in [1.54, 1.807) is 12.1 Å². The van der Waals surface area contributed by atoms with Gasteiger partial charge in [0.1, 0.15) is 5.82 Å². The van der Waals surface area contributed by atoms with Crippen molar-refractivity contribution in [2.45, 2.75) is 26.3 Å². The second kappa shape index (κ2) is 5.73. The van der Waals surface area contributed by atoms with Gasteiger partial charge in [-0.25, -0.2) is 4.39 Å². The molecule has 2 rings (SSSR count). The summed E-state index contributed by atoms with van der Waals surface area (Å²) in [5, 5.41) is 11.3. The Hall–Kier alpha value is -1.75. The van der Waals surface area contributed by atoms with Crippen molar-refractivity contribution in [1.82, 2.24) is 15.5 Å². The van der Waals surface area contributed by atoms with Crippen molar-refractivity contribution >= 4 is 0 Å². The van der Waals surface area contributed by atoms with Crippen molar-refractivity contribution < 1.29 is 8.81 Å². The monoisotopic (exact) mass is 249 g/mol. The van der Waals surface area contributed by atoms with Gasteiger partial charge < -0.3 is 9.73 Å². The first-order valence-electron chi connectivity index (χ1n) is 6.07. The molecule has 0 aliphatic rings. The Morgan fingerprint density at radius 1 is 1.22 bits per heavy atom. The van der Waals surface area contributed by atoms with E-state index < -0.39 is 0 Å². The minimum atomic E-state index is -0.280. The van der Waals surface area contributed by atoms with Gasteiger partial charge in [0, 0.05) is 5.56 Å². The quantitative estimate of drug-likeness (QED) is 0.885. The average Bonchev–Trinajstić information content (AvgIpc) is 2.86. The lowest BCUT2D eigenvalue weighted by Crippen LogP contribution is -2.20. The van der Waals surface area contributed by atoms with Gasteiger partial charge in [-0.1, -0.05) is 13.8 Å². The molecule has 1 aromatic heterocycles. The lowest BCUT2D eigenvalue weighted by Gasteiger charge is -2.09. The molecule has 4 nitrogen and oxygen atoms in total. The fourth-order valence-electron chi connectivity index (χ4n) is 1.74. The zero-order valence-electron chi connectivity index (χ0n) is 10.5. The van der Waals surface area contributed by atoms with Crippen LogP contribution in [-0.2, 0) is 0 Å². The largest absolute Gasteiger partial charge is 0.419 e. The first kappa shape index (κ1) is 12.7. The van der Waals surface area contributed by atoms with E-state index >= 15 is 0 Å². The van der Waals surface area contributed by atoms with Gasteiger partial charge in [-0.2, -0.15) is 0 Å². The number of nitrogens with zero attached hydrogens (tertiary/aromatic N) is 2. The number of halogens is 1. The van der Waals surface area contributed by atoms with Gasteiger partial charge in [0.2, 0.25) is 11.8 Å². The summed E-state index contributed by atoms with van der Waals surface area (Å²) in [6.45, 7) is 4.92. The molecule has 0 amide bonds. The molecular formula is C13H16FN3O. The molecule has 1 heterocycles. The molecule has 1 aromatic carbocycles. The van der Waals surface area contributed by atoms with E-state index in [-0.39, 0.29) is 11.9 Å². The summed E-state index contributed by atoms with van der Waals surface area (Å²) in [5.41, 5.74) is 0.724. The number of hydrogen-bond donors (Lipinski definition) is 1. The minimum absolute atomic E-state index is 0.0664. The first-order valence-corrected chi connectivity index (χ1v) is 6.07. The second-order valence-corrected chi connectivity index (χ2v) is 3.97. The van der Waals surface area contributed by atoms with Crippen LogP contribution in [0.1, 0.15) is 32.2 Å². The van der Waals surface area contributed by atoms with E-state index in [0.717, 1.165) is 18.5 Å². The lowest BCUT2D eigenvalue weighted by atomic mass is 10.2. The van der Waals surface area contributed by atoms with Crippen LogP contribution in [0.3, 0.4) is 0 Å². The van der Waals surface area contributed by atoms with Crippen LogP contribution in [0.5, 0.6) is 0 Å². The van der Waals surface area contributed by atoms with Crippen LogP contribution in [0, 0.1) is 5.82 Å². The average molecular weight is 249 g/mol. The topological polar surface area (TPSA) is 51.0 Å². The maximum absolute atomic E-state index is 12.8. The number of aromatic nitrogens is 2. The van der Waals surface area contributed by atoms with Crippen LogP contribution in [0.25, 0.3) is 11.5 Å². The summed E-state index contributed by atoms with van der Waals surface area (Å²) in [6, 6.07) is 6.07. The van der Waals surface area contributed by atoms with Crippen LogP contribution in [-0.4, -0.2) is 16.7 Å². The molecule has 0 bridgehead atoms. The number of benzene rings is 1. The van der Waals surface area contributed by atoms with Crippen molar-refractivity contribution in [3.05, 3.63) is 36.0 Å². The fourth-order valence-corrected chi connectivity index (χ4v) is 1.74. The van der Waals surface area contributed by atoms with Crippen molar-refractivity contribution in [2.75, 3.05) is 6.54 Å². The summed E-state index contributed by atoms with van der Waals surface area (Å²) in [7, 11) is 0. The summed E-state index contributed by atoms with van der Waals surface area (Å²) in [5.74, 6) is 0.706. The highest BCUT2D eigenvalue weighted by Crippen LogP contribution is 2.22.